The molecule has 5 nitrogen and oxygen atoms in total. The number of nitrogens with zero attached hydrogens (tertiary/aromatic N) is 1. The fourth-order valence-electron chi connectivity index (χ4n) is 2.83. The summed E-state index contributed by atoms with van der Waals surface area (Å²) in [6, 6.07) is 0. The summed E-state index contributed by atoms with van der Waals surface area (Å²) in [6.07, 6.45) is 2.24. The zero-order chi connectivity index (χ0) is 15.8. The van der Waals surface area contributed by atoms with Crippen LogP contribution < -0.4 is 16.0 Å². The van der Waals surface area contributed by atoms with E-state index in [-0.39, 0.29) is 17.7 Å². The van der Waals surface area contributed by atoms with Crippen molar-refractivity contribution in [2.75, 3.05) is 52.4 Å². The monoisotopic (exact) mass is 300 g/mol. The van der Waals surface area contributed by atoms with Gasteiger partial charge in [-0.2, -0.15) is 0 Å². The topological polar surface area (TPSA) is 59.6 Å². The molecule has 0 aromatic rings. The van der Waals surface area contributed by atoms with Gasteiger partial charge in [0.25, 0.3) is 0 Å². The molecular weight excluding hydrogens is 264 g/mol. The highest BCUT2D eigenvalue weighted by Crippen LogP contribution is 2.19. The molecule has 0 spiro atoms. The summed E-state index contributed by atoms with van der Waals surface area (Å²) < 4.78 is 0. The van der Waals surface area contributed by atoms with Gasteiger partial charge >= 0.3 is 0 Å². The Morgan fingerprint density at radius 2 is 1.67 bits per heavy atom. The molecule has 0 unspecified atom stereocenters. The van der Waals surface area contributed by atoms with Gasteiger partial charge in [0.2, 0.25) is 0 Å². The molecule has 1 aliphatic rings. The van der Waals surface area contributed by atoms with E-state index in [4.69, 9.17) is 5.11 Å². The van der Waals surface area contributed by atoms with E-state index in [0.29, 0.717) is 6.54 Å². The van der Waals surface area contributed by atoms with Crippen molar-refractivity contribution in [1.29, 1.82) is 0 Å². The highest BCUT2D eigenvalue weighted by Gasteiger charge is 2.28. The zero-order valence-electron chi connectivity index (χ0n) is 14.5. The third-order valence-electron chi connectivity index (χ3n) is 4.53. The molecule has 0 radical (unpaired) electrons. The molecule has 1 rings (SSSR count). The van der Waals surface area contributed by atoms with E-state index >= 15 is 0 Å². The lowest BCUT2D eigenvalue weighted by Crippen LogP contribution is -2.54. The van der Waals surface area contributed by atoms with Crippen molar-refractivity contribution < 1.29 is 5.11 Å². The fourth-order valence-corrected chi connectivity index (χ4v) is 2.83. The van der Waals surface area contributed by atoms with E-state index in [1.54, 1.807) is 0 Å². The third-order valence-corrected chi connectivity index (χ3v) is 4.53. The lowest BCUT2D eigenvalue weighted by Gasteiger charge is -2.42. The summed E-state index contributed by atoms with van der Waals surface area (Å²) >= 11 is 0. The minimum Gasteiger partial charge on any atom is -0.395 e. The van der Waals surface area contributed by atoms with Crippen molar-refractivity contribution >= 4 is 0 Å². The second kappa shape index (κ2) is 9.06. The first kappa shape index (κ1) is 18.8. The lowest BCUT2D eigenvalue weighted by atomic mass is 9.95. The Morgan fingerprint density at radius 3 is 2.29 bits per heavy atom. The minimum absolute atomic E-state index is 0.141. The van der Waals surface area contributed by atoms with Crippen LogP contribution in [0, 0.1) is 0 Å². The molecule has 126 valence electrons. The van der Waals surface area contributed by atoms with Crippen LogP contribution in [0.1, 0.15) is 40.5 Å². The molecule has 0 amide bonds. The first-order chi connectivity index (χ1) is 9.87. The van der Waals surface area contributed by atoms with Crippen LogP contribution in [0.5, 0.6) is 0 Å². The molecule has 0 aromatic carbocycles. The Bertz CT molecular complexity index is 275. The average Bonchev–Trinajstić information content (AvgIpc) is 2.44. The van der Waals surface area contributed by atoms with Gasteiger partial charge in [0.05, 0.1) is 6.61 Å². The molecule has 1 heterocycles. The van der Waals surface area contributed by atoms with Gasteiger partial charge in [0.1, 0.15) is 0 Å². The smallest absolute Gasteiger partial charge is 0.0555 e. The largest absolute Gasteiger partial charge is 0.395 e. The highest BCUT2D eigenvalue weighted by atomic mass is 16.3. The van der Waals surface area contributed by atoms with Gasteiger partial charge in [0.15, 0.2) is 0 Å². The number of nitrogens with one attached hydrogen (secondary N) is 3. The number of hydrogen-bond acceptors (Lipinski definition) is 5. The Balaban J connectivity index is 2.23. The van der Waals surface area contributed by atoms with E-state index in [1.807, 2.05) is 0 Å². The minimum atomic E-state index is 0.141. The molecular formula is C16H36N4O. The van der Waals surface area contributed by atoms with Crippen LogP contribution in [0.4, 0.5) is 0 Å². The van der Waals surface area contributed by atoms with Gasteiger partial charge < -0.3 is 21.1 Å². The average molecular weight is 300 g/mol. The lowest BCUT2D eigenvalue weighted by molar-refractivity contribution is 0.0933. The zero-order valence-corrected chi connectivity index (χ0v) is 14.5. The van der Waals surface area contributed by atoms with Gasteiger partial charge in [-0.3, -0.25) is 4.90 Å². The quantitative estimate of drug-likeness (QED) is 0.440. The van der Waals surface area contributed by atoms with E-state index in [9.17, 15) is 0 Å². The highest BCUT2D eigenvalue weighted by molar-refractivity contribution is 4.87. The van der Waals surface area contributed by atoms with Crippen molar-refractivity contribution in [3.8, 4) is 0 Å². The normalized spacial score (nSPS) is 18.1. The van der Waals surface area contributed by atoms with Crippen molar-refractivity contribution in [2.45, 2.75) is 51.6 Å². The summed E-state index contributed by atoms with van der Waals surface area (Å²) in [6.45, 7) is 16.6. The molecule has 1 aliphatic heterocycles. The summed E-state index contributed by atoms with van der Waals surface area (Å²) in [7, 11) is 0. The van der Waals surface area contributed by atoms with E-state index < -0.39 is 0 Å². The number of aliphatic hydroxyl groups is 1. The number of piperazine rings is 1. The Morgan fingerprint density at radius 1 is 1.00 bits per heavy atom. The van der Waals surface area contributed by atoms with Crippen LogP contribution in [0.3, 0.4) is 0 Å². The Kier molecular flexibility index (Phi) is 8.13. The summed E-state index contributed by atoms with van der Waals surface area (Å²) in [5.41, 5.74) is 0.405. The van der Waals surface area contributed by atoms with Crippen LogP contribution in [-0.4, -0.2) is 73.5 Å². The van der Waals surface area contributed by atoms with Gasteiger partial charge in [-0.1, -0.05) is 0 Å². The van der Waals surface area contributed by atoms with Gasteiger partial charge in [-0.15, -0.1) is 0 Å². The molecule has 1 fully saturated rings. The van der Waals surface area contributed by atoms with Crippen LogP contribution in [0.15, 0.2) is 0 Å². The number of hydrogen-bond donors (Lipinski definition) is 4. The van der Waals surface area contributed by atoms with Crippen LogP contribution >= 0.6 is 0 Å². The molecule has 1 saturated heterocycles. The first-order valence-corrected chi connectivity index (χ1v) is 8.40. The fraction of sp³-hybridized carbons (Fsp3) is 1.00. The van der Waals surface area contributed by atoms with E-state index in [0.717, 1.165) is 45.7 Å². The molecule has 0 atom stereocenters. The molecule has 0 aromatic heterocycles. The molecule has 0 saturated carbocycles. The van der Waals surface area contributed by atoms with Crippen molar-refractivity contribution in [2.24, 2.45) is 0 Å². The second-order valence-electron chi connectivity index (χ2n) is 7.33. The van der Waals surface area contributed by atoms with E-state index in [1.165, 1.54) is 6.42 Å². The SMILES string of the molecule is CC(C)(CCNCCO)NCCC(C)(C)N1CCNCC1. The summed E-state index contributed by atoms with van der Waals surface area (Å²) in [4.78, 5) is 2.60. The third kappa shape index (κ3) is 7.56. The van der Waals surface area contributed by atoms with Crippen LogP contribution in [0.2, 0.25) is 0 Å². The second-order valence-corrected chi connectivity index (χ2v) is 7.33. The number of aliphatic hydroxyl groups excluding tert-OH is 1. The van der Waals surface area contributed by atoms with Gasteiger partial charge in [0, 0.05) is 43.8 Å². The maximum Gasteiger partial charge on any atom is 0.0555 e. The predicted octanol–water partition coefficient (Wildman–Crippen LogP) is 0.401. The van der Waals surface area contributed by atoms with E-state index in [2.05, 4.69) is 48.5 Å². The molecule has 5 heteroatoms. The first-order valence-electron chi connectivity index (χ1n) is 8.40. The van der Waals surface area contributed by atoms with Crippen molar-refractivity contribution in [1.82, 2.24) is 20.9 Å². The standard InChI is InChI=1S/C16H36N4O/c1-15(2,5-7-17-11-14-21)19-8-6-16(3,4)20-12-9-18-10-13-20/h17-19,21H,5-14H2,1-4H3. The number of rotatable bonds is 10. The van der Waals surface area contributed by atoms with Crippen LogP contribution in [0.25, 0.3) is 0 Å². The van der Waals surface area contributed by atoms with Gasteiger partial charge in [-0.25, -0.2) is 0 Å². The summed E-state index contributed by atoms with van der Waals surface area (Å²) in [5, 5.41) is 19.1. The maximum atomic E-state index is 8.76. The van der Waals surface area contributed by atoms with Crippen molar-refractivity contribution in [3.05, 3.63) is 0 Å². The molecule has 4 N–H and O–H groups in total. The maximum absolute atomic E-state index is 8.76. The van der Waals surface area contributed by atoms with Crippen molar-refractivity contribution in [3.63, 3.8) is 0 Å². The molecule has 21 heavy (non-hydrogen) atoms. The Hall–Kier alpha value is -0.200. The predicted molar refractivity (Wildman–Crippen MR) is 89.8 cm³/mol. The molecule has 0 aliphatic carbocycles. The summed E-state index contributed by atoms with van der Waals surface area (Å²) in [5.74, 6) is 0. The Labute approximate surface area is 130 Å². The molecule has 0 bridgehead atoms. The van der Waals surface area contributed by atoms with Gasteiger partial charge in [-0.05, 0) is 53.6 Å². The van der Waals surface area contributed by atoms with Crippen LogP contribution in [-0.2, 0) is 0 Å².